The van der Waals surface area contributed by atoms with Gasteiger partial charge in [0.1, 0.15) is 5.75 Å². The van der Waals surface area contributed by atoms with Crippen LogP contribution in [0.4, 0.5) is 18.9 Å². The van der Waals surface area contributed by atoms with Crippen LogP contribution in [-0.4, -0.2) is 19.3 Å². The minimum absolute atomic E-state index is 0.0943. The Morgan fingerprint density at radius 2 is 2.05 bits per heavy atom. The van der Waals surface area contributed by atoms with Crippen molar-refractivity contribution in [3.63, 3.8) is 0 Å². The van der Waals surface area contributed by atoms with Gasteiger partial charge >= 0.3 is 6.18 Å². The van der Waals surface area contributed by atoms with Gasteiger partial charge in [0.05, 0.1) is 23.7 Å². The first-order valence-electron chi connectivity index (χ1n) is 6.57. The van der Waals surface area contributed by atoms with Crippen LogP contribution in [0.25, 0.3) is 0 Å². The smallest absolute Gasteiger partial charge is 0.391 e. The number of nitrogens with one attached hydrogen (secondary N) is 1. The Morgan fingerprint density at radius 3 is 2.70 bits per heavy atom. The van der Waals surface area contributed by atoms with Gasteiger partial charge in [0.25, 0.3) is 0 Å². The van der Waals surface area contributed by atoms with E-state index < -0.39 is 12.1 Å². The molecule has 2 atom stereocenters. The van der Waals surface area contributed by atoms with E-state index >= 15 is 0 Å². The molecule has 0 spiro atoms. The Bertz CT molecular complexity index is 464. The van der Waals surface area contributed by atoms with Crippen molar-refractivity contribution in [2.75, 3.05) is 12.4 Å². The van der Waals surface area contributed by atoms with Crippen LogP contribution in [0, 0.1) is 5.92 Å². The van der Waals surface area contributed by atoms with Gasteiger partial charge in [-0.25, -0.2) is 0 Å². The molecule has 0 aromatic heterocycles. The van der Waals surface area contributed by atoms with Gasteiger partial charge in [-0.1, -0.05) is 18.0 Å². The lowest BCUT2D eigenvalue weighted by Crippen LogP contribution is -2.34. The molecule has 0 amide bonds. The highest BCUT2D eigenvalue weighted by molar-refractivity contribution is 6.33. The highest BCUT2D eigenvalue weighted by atomic mass is 35.5. The summed E-state index contributed by atoms with van der Waals surface area (Å²) in [4.78, 5) is 0. The van der Waals surface area contributed by atoms with Crippen molar-refractivity contribution >= 4 is 17.3 Å². The summed E-state index contributed by atoms with van der Waals surface area (Å²) in [5.41, 5.74) is 0.624. The van der Waals surface area contributed by atoms with Crippen LogP contribution in [0.1, 0.15) is 25.7 Å². The molecule has 0 saturated heterocycles. The van der Waals surface area contributed by atoms with Crippen molar-refractivity contribution in [3.8, 4) is 5.75 Å². The summed E-state index contributed by atoms with van der Waals surface area (Å²) in [5, 5.41) is 3.60. The topological polar surface area (TPSA) is 21.3 Å². The predicted octanol–water partition coefficient (Wildman–Crippen LogP) is 4.88. The molecule has 0 aliphatic heterocycles. The maximum absolute atomic E-state index is 12.8. The number of halogens is 4. The number of alkyl halides is 3. The van der Waals surface area contributed by atoms with E-state index in [1.54, 1.807) is 18.2 Å². The maximum Gasteiger partial charge on any atom is 0.391 e. The van der Waals surface area contributed by atoms with Gasteiger partial charge in [-0.15, -0.1) is 0 Å². The Hall–Kier alpha value is -1.10. The summed E-state index contributed by atoms with van der Waals surface area (Å²) in [6, 6.07) is 4.89. The Balaban J connectivity index is 2.06. The van der Waals surface area contributed by atoms with Crippen molar-refractivity contribution in [2.45, 2.75) is 37.9 Å². The van der Waals surface area contributed by atoms with E-state index in [1.165, 1.54) is 7.11 Å². The third-order valence-electron chi connectivity index (χ3n) is 3.67. The number of rotatable bonds is 3. The summed E-state index contributed by atoms with van der Waals surface area (Å²) < 4.78 is 43.4. The monoisotopic (exact) mass is 307 g/mol. The van der Waals surface area contributed by atoms with Gasteiger partial charge in [-0.2, -0.15) is 13.2 Å². The zero-order valence-corrected chi connectivity index (χ0v) is 11.9. The number of hydrogen-bond acceptors (Lipinski definition) is 2. The molecule has 1 aliphatic carbocycles. The molecule has 112 valence electrons. The Kier molecular flexibility index (Phi) is 4.68. The maximum atomic E-state index is 12.8. The highest BCUT2D eigenvalue weighted by Crippen LogP contribution is 2.39. The first-order chi connectivity index (χ1) is 9.40. The second-order valence-corrected chi connectivity index (χ2v) is 5.50. The van der Waals surface area contributed by atoms with Gasteiger partial charge in [0.15, 0.2) is 0 Å². The van der Waals surface area contributed by atoms with Crippen molar-refractivity contribution in [2.24, 2.45) is 5.92 Å². The molecule has 1 fully saturated rings. The fourth-order valence-electron chi connectivity index (χ4n) is 2.58. The number of benzene rings is 1. The second kappa shape index (κ2) is 6.12. The summed E-state index contributed by atoms with van der Waals surface area (Å²) in [7, 11) is 1.54. The van der Waals surface area contributed by atoms with Crippen LogP contribution in [0.5, 0.6) is 5.75 Å². The molecule has 0 radical (unpaired) electrons. The lowest BCUT2D eigenvalue weighted by molar-refractivity contribution is -0.182. The molecule has 0 heterocycles. The molecule has 2 nitrogen and oxygen atoms in total. The van der Waals surface area contributed by atoms with E-state index in [0.29, 0.717) is 22.9 Å². The lowest BCUT2D eigenvalue weighted by Gasteiger charge is -2.31. The quantitative estimate of drug-likeness (QED) is 0.859. The van der Waals surface area contributed by atoms with E-state index in [0.717, 1.165) is 6.42 Å². The van der Waals surface area contributed by atoms with Gasteiger partial charge in [-0.3, -0.25) is 0 Å². The first-order valence-corrected chi connectivity index (χ1v) is 6.94. The summed E-state index contributed by atoms with van der Waals surface area (Å²) in [5.74, 6) is -0.599. The Morgan fingerprint density at radius 1 is 1.30 bits per heavy atom. The van der Waals surface area contributed by atoms with Crippen molar-refractivity contribution < 1.29 is 17.9 Å². The van der Waals surface area contributed by atoms with Crippen LogP contribution in [0.2, 0.25) is 5.02 Å². The van der Waals surface area contributed by atoms with E-state index in [9.17, 15) is 13.2 Å². The predicted molar refractivity (Wildman–Crippen MR) is 73.4 cm³/mol. The van der Waals surface area contributed by atoms with E-state index in [-0.39, 0.29) is 18.9 Å². The van der Waals surface area contributed by atoms with E-state index in [2.05, 4.69) is 5.32 Å². The highest BCUT2D eigenvalue weighted by Gasteiger charge is 2.42. The molecule has 0 bridgehead atoms. The van der Waals surface area contributed by atoms with Crippen LogP contribution < -0.4 is 10.1 Å². The zero-order valence-electron chi connectivity index (χ0n) is 11.1. The van der Waals surface area contributed by atoms with Crippen LogP contribution in [0.15, 0.2) is 18.2 Å². The molecular formula is C14H17ClF3NO. The number of methoxy groups -OCH3 is 1. The van der Waals surface area contributed by atoms with Crippen molar-refractivity contribution in [3.05, 3.63) is 23.2 Å². The van der Waals surface area contributed by atoms with E-state index in [4.69, 9.17) is 16.3 Å². The SMILES string of the molecule is COc1ccc(Cl)c(NC2CCCC(C(F)(F)F)C2)c1. The van der Waals surface area contributed by atoms with Crippen LogP contribution in [0.3, 0.4) is 0 Å². The summed E-state index contributed by atoms with van der Waals surface area (Å²) >= 11 is 6.06. The fourth-order valence-corrected chi connectivity index (χ4v) is 2.75. The minimum atomic E-state index is -4.11. The lowest BCUT2D eigenvalue weighted by atomic mass is 9.85. The van der Waals surface area contributed by atoms with E-state index in [1.807, 2.05) is 0 Å². The van der Waals surface area contributed by atoms with Crippen molar-refractivity contribution in [1.29, 1.82) is 0 Å². The van der Waals surface area contributed by atoms with Crippen LogP contribution in [-0.2, 0) is 0 Å². The third-order valence-corrected chi connectivity index (χ3v) is 4.00. The van der Waals surface area contributed by atoms with Gasteiger partial charge < -0.3 is 10.1 Å². The molecule has 20 heavy (non-hydrogen) atoms. The van der Waals surface area contributed by atoms with Gasteiger partial charge in [-0.05, 0) is 31.4 Å². The molecule has 1 N–H and O–H groups in total. The molecule has 6 heteroatoms. The molecule has 1 saturated carbocycles. The minimum Gasteiger partial charge on any atom is -0.497 e. The van der Waals surface area contributed by atoms with Crippen molar-refractivity contribution in [1.82, 2.24) is 0 Å². The van der Waals surface area contributed by atoms with Crippen LogP contribution >= 0.6 is 11.6 Å². The van der Waals surface area contributed by atoms with Gasteiger partial charge in [0, 0.05) is 12.1 Å². The molecule has 1 aromatic carbocycles. The number of anilines is 1. The first kappa shape index (κ1) is 15.3. The number of ether oxygens (including phenoxy) is 1. The molecule has 2 unspecified atom stereocenters. The number of hydrogen-bond donors (Lipinski definition) is 1. The average Bonchev–Trinajstić information content (AvgIpc) is 2.41. The Labute approximate surface area is 121 Å². The molecular weight excluding hydrogens is 291 g/mol. The molecule has 2 rings (SSSR count). The molecule has 1 aromatic rings. The summed E-state index contributed by atoms with van der Waals surface area (Å²) in [6.07, 6.45) is -2.51. The molecule has 1 aliphatic rings. The largest absolute Gasteiger partial charge is 0.497 e. The van der Waals surface area contributed by atoms with Gasteiger partial charge in [0.2, 0.25) is 0 Å². The third kappa shape index (κ3) is 3.72. The normalized spacial score (nSPS) is 23.4. The second-order valence-electron chi connectivity index (χ2n) is 5.09. The standard InChI is InChI=1S/C14H17ClF3NO/c1-20-11-5-6-12(15)13(8-11)19-10-4-2-3-9(7-10)14(16,17)18/h5-6,8-10,19H,2-4,7H2,1H3. The summed E-state index contributed by atoms with van der Waals surface area (Å²) in [6.45, 7) is 0. The average molecular weight is 308 g/mol. The zero-order chi connectivity index (χ0) is 14.8. The fraction of sp³-hybridized carbons (Fsp3) is 0.571.